The standard InChI is InChI=1S/C15H28N2O/c1-3-17(13-9-7-12(16)8-10-13)15(18)14-6-4-5-11(14)2/h11-14H,3-10,16H2,1-2H3. The van der Waals surface area contributed by atoms with Crippen LogP contribution in [0.2, 0.25) is 0 Å². The van der Waals surface area contributed by atoms with Crippen molar-refractivity contribution >= 4 is 5.91 Å². The van der Waals surface area contributed by atoms with Crippen LogP contribution in [-0.4, -0.2) is 29.4 Å². The first-order valence-corrected chi connectivity index (χ1v) is 7.69. The average Bonchev–Trinajstić information content (AvgIpc) is 2.78. The zero-order valence-electron chi connectivity index (χ0n) is 11.9. The molecule has 2 aliphatic rings. The van der Waals surface area contributed by atoms with Gasteiger partial charge in [0.2, 0.25) is 5.91 Å². The van der Waals surface area contributed by atoms with Crippen molar-refractivity contribution in [1.82, 2.24) is 4.90 Å². The molecule has 0 aromatic heterocycles. The van der Waals surface area contributed by atoms with Gasteiger partial charge in [0.25, 0.3) is 0 Å². The fraction of sp³-hybridized carbons (Fsp3) is 0.933. The average molecular weight is 252 g/mol. The zero-order valence-corrected chi connectivity index (χ0v) is 11.9. The highest BCUT2D eigenvalue weighted by atomic mass is 16.2. The molecule has 0 saturated heterocycles. The third-order valence-electron chi connectivity index (χ3n) is 4.98. The normalized spacial score (nSPS) is 36.6. The first-order valence-electron chi connectivity index (χ1n) is 7.69. The Morgan fingerprint density at radius 3 is 2.33 bits per heavy atom. The number of carbonyl (C=O) groups is 1. The number of hydrogen-bond donors (Lipinski definition) is 1. The first-order chi connectivity index (χ1) is 8.63. The van der Waals surface area contributed by atoms with Crippen LogP contribution in [0.5, 0.6) is 0 Å². The maximum atomic E-state index is 12.7. The zero-order chi connectivity index (χ0) is 13.1. The molecule has 104 valence electrons. The van der Waals surface area contributed by atoms with Crippen molar-refractivity contribution < 1.29 is 4.79 Å². The molecule has 2 atom stereocenters. The Morgan fingerprint density at radius 2 is 1.83 bits per heavy atom. The Kier molecular flexibility index (Phi) is 4.66. The molecule has 2 unspecified atom stereocenters. The molecule has 0 bridgehead atoms. The van der Waals surface area contributed by atoms with Gasteiger partial charge in [-0.1, -0.05) is 13.3 Å². The summed E-state index contributed by atoms with van der Waals surface area (Å²) >= 11 is 0. The summed E-state index contributed by atoms with van der Waals surface area (Å²) in [5, 5.41) is 0. The summed E-state index contributed by atoms with van der Waals surface area (Å²) in [6.45, 7) is 5.22. The van der Waals surface area contributed by atoms with E-state index in [-0.39, 0.29) is 0 Å². The lowest BCUT2D eigenvalue weighted by Gasteiger charge is -2.37. The van der Waals surface area contributed by atoms with Crippen LogP contribution in [0.3, 0.4) is 0 Å². The summed E-state index contributed by atoms with van der Waals surface area (Å²) in [6.07, 6.45) is 7.91. The van der Waals surface area contributed by atoms with Crippen molar-refractivity contribution in [3.8, 4) is 0 Å². The second kappa shape index (κ2) is 6.05. The minimum atomic E-state index is 0.292. The Bertz CT molecular complexity index is 284. The fourth-order valence-electron chi connectivity index (χ4n) is 3.73. The quantitative estimate of drug-likeness (QED) is 0.839. The molecule has 0 heterocycles. The molecule has 1 amide bonds. The van der Waals surface area contributed by atoms with Crippen LogP contribution >= 0.6 is 0 Å². The first kappa shape index (κ1) is 13.9. The van der Waals surface area contributed by atoms with Crippen LogP contribution in [-0.2, 0) is 4.79 Å². The van der Waals surface area contributed by atoms with Gasteiger partial charge in [0.1, 0.15) is 0 Å². The highest BCUT2D eigenvalue weighted by Gasteiger charge is 2.35. The molecule has 2 saturated carbocycles. The molecule has 18 heavy (non-hydrogen) atoms. The van der Waals surface area contributed by atoms with Gasteiger partial charge in [0.05, 0.1) is 0 Å². The summed E-state index contributed by atoms with van der Waals surface area (Å²) in [5.41, 5.74) is 5.96. The molecule has 2 rings (SSSR count). The third kappa shape index (κ3) is 2.87. The lowest BCUT2D eigenvalue weighted by molar-refractivity contribution is -0.139. The van der Waals surface area contributed by atoms with Gasteiger partial charge >= 0.3 is 0 Å². The lowest BCUT2D eigenvalue weighted by atomic mass is 9.89. The summed E-state index contributed by atoms with van der Waals surface area (Å²) in [7, 11) is 0. The van der Waals surface area contributed by atoms with Gasteiger partial charge in [-0.25, -0.2) is 0 Å². The van der Waals surface area contributed by atoms with Gasteiger partial charge < -0.3 is 10.6 Å². The van der Waals surface area contributed by atoms with Crippen molar-refractivity contribution in [3.63, 3.8) is 0 Å². The van der Waals surface area contributed by atoms with Crippen LogP contribution in [0.1, 0.15) is 58.8 Å². The number of nitrogens with two attached hydrogens (primary N) is 1. The van der Waals surface area contributed by atoms with E-state index >= 15 is 0 Å². The van der Waals surface area contributed by atoms with Crippen molar-refractivity contribution in [1.29, 1.82) is 0 Å². The number of rotatable bonds is 3. The van der Waals surface area contributed by atoms with Crippen LogP contribution < -0.4 is 5.73 Å². The number of hydrogen-bond acceptors (Lipinski definition) is 2. The Morgan fingerprint density at radius 1 is 1.17 bits per heavy atom. The fourth-order valence-corrected chi connectivity index (χ4v) is 3.73. The van der Waals surface area contributed by atoms with Crippen LogP contribution in [0.4, 0.5) is 0 Å². The maximum absolute atomic E-state index is 12.7. The molecular weight excluding hydrogens is 224 g/mol. The van der Waals surface area contributed by atoms with E-state index in [1.54, 1.807) is 0 Å². The SMILES string of the molecule is CCN(C(=O)C1CCCC1C)C1CCC(N)CC1. The molecule has 2 aliphatic carbocycles. The largest absolute Gasteiger partial charge is 0.340 e. The van der Waals surface area contributed by atoms with Gasteiger partial charge in [-0.3, -0.25) is 4.79 Å². The Balaban J connectivity index is 1.97. The van der Waals surface area contributed by atoms with E-state index in [9.17, 15) is 4.79 Å². The van der Waals surface area contributed by atoms with E-state index in [0.717, 1.165) is 38.6 Å². The summed E-state index contributed by atoms with van der Waals surface area (Å²) < 4.78 is 0. The molecule has 0 aromatic rings. The van der Waals surface area contributed by atoms with Crippen molar-refractivity contribution in [2.45, 2.75) is 70.9 Å². The number of amides is 1. The van der Waals surface area contributed by atoms with Gasteiger partial charge in [-0.05, 0) is 51.4 Å². The van der Waals surface area contributed by atoms with Crippen LogP contribution in [0, 0.1) is 11.8 Å². The van der Waals surface area contributed by atoms with Gasteiger partial charge in [-0.2, -0.15) is 0 Å². The second-order valence-corrected chi connectivity index (χ2v) is 6.21. The van der Waals surface area contributed by atoms with Gasteiger partial charge in [-0.15, -0.1) is 0 Å². The summed E-state index contributed by atoms with van der Waals surface area (Å²) in [6, 6.07) is 0.815. The molecule has 0 aromatic carbocycles. The van der Waals surface area contributed by atoms with E-state index < -0.39 is 0 Å². The molecule has 3 heteroatoms. The topological polar surface area (TPSA) is 46.3 Å². The molecule has 0 aliphatic heterocycles. The summed E-state index contributed by atoms with van der Waals surface area (Å²) in [5.74, 6) is 1.29. The lowest BCUT2D eigenvalue weighted by Crippen LogP contribution is -2.46. The third-order valence-corrected chi connectivity index (χ3v) is 4.98. The summed E-state index contributed by atoms with van der Waals surface area (Å²) in [4.78, 5) is 14.8. The second-order valence-electron chi connectivity index (χ2n) is 6.21. The van der Waals surface area contributed by atoms with Gasteiger partial charge in [0.15, 0.2) is 0 Å². The monoisotopic (exact) mass is 252 g/mol. The molecular formula is C15H28N2O. The predicted molar refractivity (Wildman–Crippen MR) is 74.1 cm³/mol. The number of carbonyl (C=O) groups excluding carboxylic acids is 1. The highest BCUT2D eigenvalue weighted by Crippen LogP contribution is 2.34. The molecule has 2 N–H and O–H groups in total. The van der Waals surface area contributed by atoms with Crippen molar-refractivity contribution in [3.05, 3.63) is 0 Å². The van der Waals surface area contributed by atoms with Gasteiger partial charge in [0, 0.05) is 24.5 Å². The highest BCUT2D eigenvalue weighted by molar-refractivity contribution is 5.79. The molecule has 0 spiro atoms. The van der Waals surface area contributed by atoms with E-state index in [0.29, 0.717) is 29.8 Å². The van der Waals surface area contributed by atoms with E-state index in [4.69, 9.17) is 5.73 Å². The Labute approximate surface area is 111 Å². The molecule has 0 radical (unpaired) electrons. The minimum absolute atomic E-state index is 0.292. The van der Waals surface area contributed by atoms with E-state index in [1.807, 2.05) is 0 Å². The molecule has 2 fully saturated rings. The van der Waals surface area contributed by atoms with Crippen LogP contribution in [0.25, 0.3) is 0 Å². The van der Waals surface area contributed by atoms with Crippen molar-refractivity contribution in [2.75, 3.05) is 6.54 Å². The van der Waals surface area contributed by atoms with E-state index in [1.165, 1.54) is 12.8 Å². The van der Waals surface area contributed by atoms with Crippen LogP contribution in [0.15, 0.2) is 0 Å². The number of nitrogens with zero attached hydrogens (tertiary/aromatic N) is 1. The Hall–Kier alpha value is -0.570. The van der Waals surface area contributed by atoms with Crippen molar-refractivity contribution in [2.24, 2.45) is 17.6 Å². The predicted octanol–water partition coefficient (Wildman–Crippen LogP) is 2.54. The minimum Gasteiger partial charge on any atom is -0.340 e. The van der Waals surface area contributed by atoms with E-state index in [2.05, 4.69) is 18.7 Å². The molecule has 3 nitrogen and oxygen atoms in total. The smallest absolute Gasteiger partial charge is 0.226 e. The maximum Gasteiger partial charge on any atom is 0.226 e.